The first-order valence-electron chi connectivity index (χ1n) is 7.31. The van der Waals surface area contributed by atoms with Gasteiger partial charge in [-0.2, -0.15) is 5.26 Å². The molecule has 0 saturated heterocycles. The van der Waals surface area contributed by atoms with E-state index in [1.54, 1.807) is 35.2 Å². The van der Waals surface area contributed by atoms with Gasteiger partial charge in [0.25, 0.3) is 0 Å². The van der Waals surface area contributed by atoms with Crippen LogP contribution in [0.5, 0.6) is 0 Å². The standard InChI is InChI=1S/C18H14ClFN2O2/c19-15-8-14(6-3-12(15)10-21)22-16(17(23)9-18(22)24)7-11-1-4-13(20)5-2-11/h1-6,8-9,16,18,23-24H,7H2. The molecule has 24 heavy (non-hydrogen) atoms. The summed E-state index contributed by atoms with van der Waals surface area (Å²) in [5.41, 5.74) is 1.74. The van der Waals surface area contributed by atoms with Gasteiger partial charge < -0.3 is 15.1 Å². The van der Waals surface area contributed by atoms with Crippen molar-refractivity contribution in [2.45, 2.75) is 18.7 Å². The number of benzene rings is 2. The van der Waals surface area contributed by atoms with Gasteiger partial charge in [-0.05, 0) is 35.9 Å². The molecule has 0 bridgehead atoms. The van der Waals surface area contributed by atoms with E-state index >= 15 is 0 Å². The van der Waals surface area contributed by atoms with Crippen LogP contribution in [0.3, 0.4) is 0 Å². The lowest BCUT2D eigenvalue weighted by atomic mass is 10.0. The first-order valence-corrected chi connectivity index (χ1v) is 7.68. The third-order valence-electron chi connectivity index (χ3n) is 4.00. The minimum atomic E-state index is -1.01. The van der Waals surface area contributed by atoms with Crippen molar-refractivity contribution in [3.8, 4) is 6.07 Å². The maximum Gasteiger partial charge on any atom is 0.150 e. The number of nitriles is 1. The Bertz CT molecular complexity index is 830. The topological polar surface area (TPSA) is 67.5 Å². The van der Waals surface area contributed by atoms with Crippen LogP contribution in [0.2, 0.25) is 5.02 Å². The van der Waals surface area contributed by atoms with Crippen molar-refractivity contribution in [3.63, 3.8) is 0 Å². The minimum absolute atomic E-state index is 0.0345. The smallest absolute Gasteiger partial charge is 0.150 e. The third-order valence-corrected chi connectivity index (χ3v) is 4.31. The van der Waals surface area contributed by atoms with Gasteiger partial charge in [-0.15, -0.1) is 0 Å². The molecular formula is C18H14ClFN2O2. The van der Waals surface area contributed by atoms with Crippen LogP contribution in [0.15, 0.2) is 54.3 Å². The van der Waals surface area contributed by atoms with Gasteiger partial charge in [0.1, 0.15) is 23.9 Å². The van der Waals surface area contributed by atoms with Gasteiger partial charge in [0.15, 0.2) is 0 Å². The van der Waals surface area contributed by atoms with E-state index < -0.39 is 12.3 Å². The highest BCUT2D eigenvalue weighted by molar-refractivity contribution is 6.32. The van der Waals surface area contributed by atoms with Crippen molar-refractivity contribution < 1.29 is 14.6 Å². The Morgan fingerprint density at radius 3 is 2.54 bits per heavy atom. The zero-order valence-electron chi connectivity index (χ0n) is 12.5. The van der Waals surface area contributed by atoms with E-state index in [9.17, 15) is 14.6 Å². The molecule has 1 aliphatic heterocycles. The summed E-state index contributed by atoms with van der Waals surface area (Å²) in [4.78, 5) is 1.60. The molecule has 0 aromatic heterocycles. The molecule has 6 heteroatoms. The largest absolute Gasteiger partial charge is 0.510 e. The lowest BCUT2D eigenvalue weighted by Crippen LogP contribution is -2.39. The summed E-state index contributed by atoms with van der Waals surface area (Å²) >= 11 is 6.07. The van der Waals surface area contributed by atoms with E-state index in [2.05, 4.69) is 0 Å². The summed E-state index contributed by atoms with van der Waals surface area (Å²) in [5.74, 6) is -0.298. The van der Waals surface area contributed by atoms with Crippen molar-refractivity contribution in [2.24, 2.45) is 0 Å². The number of halogens is 2. The molecule has 2 unspecified atom stereocenters. The number of nitrogens with zero attached hydrogens (tertiary/aromatic N) is 2. The van der Waals surface area contributed by atoms with Crippen molar-refractivity contribution in [3.05, 3.63) is 76.3 Å². The Kier molecular flexibility index (Phi) is 4.43. The van der Waals surface area contributed by atoms with E-state index in [4.69, 9.17) is 16.9 Å². The monoisotopic (exact) mass is 344 g/mol. The van der Waals surface area contributed by atoms with Crippen LogP contribution in [0.4, 0.5) is 10.1 Å². The Labute approximate surface area is 143 Å². The van der Waals surface area contributed by atoms with Gasteiger partial charge in [-0.25, -0.2) is 4.39 Å². The van der Waals surface area contributed by atoms with E-state index in [0.717, 1.165) is 5.56 Å². The minimum Gasteiger partial charge on any atom is -0.510 e. The second kappa shape index (κ2) is 6.52. The molecule has 0 aliphatic carbocycles. The fourth-order valence-corrected chi connectivity index (χ4v) is 3.02. The average molecular weight is 345 g/mol. The maximum absolute atomic E-state index is 13.0. The van der Waals surface area contributed by atoms with Crippen LogP contribution in [-0.4, -0.2) is 22.5 Å². The van der Waals surface area contributed by atoms with Crippen LogP contribution < -0.4 is 4.90 Å². The molecule has 1 aliphatic rings. The van der Waals surface area contributed by atoms with Crippen LogP contribution >= 0.6 is 11.6 Å². The first kappa shape index (κ1) is 16.3. The molecule has 0 radical (unpaired) electrons. The van der Waals surface area contributed by atoms with Crippen molar-refractivity contribution >= 4 is 17.3 Å². The number of anilines is 1. The van der Waals surface area contributed by atoms with Crippen molar-refractivity contribution in [1.82, 2.24) is 0 Å². The molecule has 0 saturated carbocycles. The lowest BCUT2D eigenvalue weighted by molar-refractivity contribution is 0.219. The zero-order chi connectivity index (χ0) is 17.3. The quantitative estimate of drug-likeness (QED) is 0.893. The van der Waals surface area contributed by atoms with Crippen LogP contribution in [0.25, 0.3) is 0 Å². The fraction of sp³-hybridized carbons (Fsp3) is 0.167. The van der Waals surface area contributed by atoms with Gasteiger partial charge in [-0.1, -0.05) is 23.7 Å². The predicted octanol–water partition coefficient (Wildman–Crippen LogP) is 3.54. The van der Waals surface area contributed by atoms with Crippen LogP contribution in [0, 0.1) is 17.1 Å². The summed E-state index contributed by atoms with van der Waals surface area (Å²) in [6.07, 6.45) is 0.719. The summed E-state index contributed by atoms with van der Waals surface area (Å²) in [5, 5.41) is 29.7. The SMILES string of the molecule is N#Cc1ccc(N2C(O)C=C(O)C2Cc2ccc(F)cc2)cc1Cl. The van der Waals surface area contributed by atoms with E-state index in [-0.39, 0.29) is 16.6 Å². The Morgan fingerprint density at radius 2 is 1.92 bits per heavy atom. The molecule has 2 aromatic carbocycles. The van der Waals surface area contributed by atoms with Gasteiger partial charge >= 0.3 is 0 Å². The van der Waals surface area contributed by atoms with E-state index in [1.165, 1.54) is 18.2 Å². The van der Waals surface area contributed by atoms with E-state index in [1.807, 2.05) is 6.07 Å². The summed E-state index contributed by atoms with van der Waals surface area (Å²) < 4.78 is 13.0. The molecule has 0 fully saturated rings. The van der Waals surface area contributed by atoms with Gasteiger partial charge in [0.2, 0.25) is 0 Å². The Hall–Kier alpha value is -2.55. The number of rotatable bonds is 3. The second-order valence-corrected chi connectivity index (χ2v) is 5.94. The second-order valence-electron chi connectivity index (χ2n) is 5.53. The van der Waals surface area contributed by atoms with Crippen molar-refractivity contribution in [1.29, 1.82) is 5.26 Å². The molecular weight excluding hydrogens is 331 g/mol. The molecule has 2 aromatic rings. The zero-order valence-corrected chi connectivity index (χ0v) is 13.3. The molecule has 3 rings (SSSR count). The van der Waals surface area contributed by atoms with Crippen LogP contribution in [-0.2, 0) is 6.42 Å². The highest BCUT2D eigenvalue weighted by atomic mass is 35.5. The number of hydrogen-bond acceptors (Lipinski definition) is 4. The Balaban J connectivity index is 1.91. The molecule has 2 N–H and O–H groups in total. The number of aliphatic hydroxyl groups is 2. The predicted molar refractivity (Wildman–Crippen MR) is 89.3 cm³/mol. The molecule has 4 nitrogen and oxygen atoms in total. The first-order chi connectivity index (χ1) is 11.5. The summed E-state index contributed by atoms with van der Waals surface area (Å²) in [7, 11) is 0. The molecule has 0 spiro atoms. The summed E-state index contributed by atoms with van der Waals surface area (Å²) in [6, 6.07) is 12.3. The molecule has 1 heterocycles. The highest BCUT2D eigenvalue weighted by Gasteiger charge is 2.34. The van der Waals surface area contributed by atoms with Gasteiger partial charge in [0.05, 0.1) is 16.6 Å². The van der Waals surface area contributed by atoms with Gasteiger partial charge in [-0.3, -0.25) is 0 Å². The van der Waals surface area contributed by atoms with E-state index in [0.29, 0.717) is 17.7 Å². The van der Waals surface area contributed by atoms with Crippen molar-refractivity contribution in [2.75, 3.05) is 4.90 Å². The Morgan fingerprint density at radius 1 is 1.21 bits per heavy atom. The van der Waals surface area contributed by atoms with Gasteiger partial charge in [0, 0.05) is 18.2 Å². The fourth-order valence-electron chi connectivity index (χ4n) is 2.81. The highest BCUT2D eigenvalue weighted by Crippen LogP contribution is 2.32. The lowest BCUT2D eigenvalue weighted by Gasteiger charge is -2.30. The molecule has 122 valence electrons. The number of hydrogen-bond donors (Lipinski definition) is 2. The number of aliphatic hydroxyl groups excluding tert-OH is 2. The molecule has 2 atom stereocenters. The average Bonchev–Trinajstić information content (AvgIpc) is 2.83. The maximum atomic E-state index is 13.0. The third kappa shape index (κ3) is 3.07. The normalized spacial score (nSPS) is 19.9. The van der Waals surface area contributed by atoms with Crippen LogP contribution in [0.1, 0.15) is 11.1 Å². The summed E-state index contributed by atoms with van der Waals surface area (Å²) in [6.45, 7) is 0. The molecule has 0 amide bonds.